The van der Waals surface area contributed by atoms with E-state index in [4.69, 9.17) is 11.6 Å². The van der Waals surface area contributed by atoms with Gasteiger partial charge in [0.05, 0.1) is 0 Å². The number of carbonyl (C=O) groups is 1. The van der Waals surface area contributed by atoms with Crippen LogP contribution in [0.5, 0.6) is 0 Å². The highest BCUT2D eigenvalue weighted by Gasteiger charge is 2.43. The van der Waals surface area contributed by atoms with E-state index in [1.54, 1.807) is 17.5 Å². The third-order valence-electron chi connectivity index (χ3n) is 4.24. The summed E-state index contributed by atoms with van der Waals surface area (Å²) < 4.78 is 0. The van der Waals surface area contributed by atoms with Gasteiger partial charge in [-0.05, 0) is 54.3 Å². The largest absolute Gasteiger partial charge is 0.326 e. The minimum atomic E-state index is 0.0297. The van der Waals surface area contributed by atoms with Crippen LogP contribution in [0.4, 0.5) is 5.69 Å². The Morgan fingerprint density at radius 2 is 2.04 bits per heavy atom. The fraction of sp³-hybridized carbons (Fsp3) is 0.158. The first-order valence-electron chi connectivity index (χ1n) is 7.77. The maximum atomic E-state index is 12.4. The lowest BCUT2D eigenvalue weighted by molar-refractivity contribution is -0.117. The molecule has 1 N–H and O–H groups in total. The predicted octanol–water partition coefficient (Wildman–Crippen LogP) is 5.21. The molecule has 1 aromatic heterocycles. The summed E-state index contributed by atoms with van der Waals surface area (Å²) in [4.78, 5) is 16.7. The third-order valence-corrected chi connectivity index (χ3v) is 5.29. The Labute approximate surface area is 149 Å². The molecule has 1 aliphatic rings. The van der Waals surface area contributed by atoms with Crippen LogP contribution in [0.1, 0.15) is 17.9 Å². The molecular formula is C19H15ClN2OS. The number of benzene rings is 2. The van der Waals surface area contributed by atoms with Crippen molar-refractivity contribution in [2.24, 2.45) is 5.92 Å². The number of nitrogens with zero attached hydrogens (tertiary/aromatic N) is 1. The van der Waals surface area contributed by atoms with Crippen LogP contribution < -0.4 is 5.32 Å². The summed E-state index contributed by atoms with van der Waals surface area (Å²) in [5, 5.41) is 6.66. The monoisotopic (exact) mass is 354 g/mol. The Balaban J connectivity index is 1.40. The maximum absolute atomic E-state index is 12.4. The number of anilines is 1. The zero-order valence-electron chi connectivity index (χ0n) is 12.8. The van der Waals surface area contributed by atoms with Gasteiger partial charge in [-0.1, -0.05) is 23.7 Å². The number of hydrogen-bond acceptors (Lipinski definition) is 3. The summed E-state index contributed by atoms with van der Waals surface area (Å²) in [5.41, 5.74) is 3.02. The van der Waals surface area contributed by atoms with Gasteiger partial charge >= 0.3 is 0 Å². The molecule has 120 valence electrons. The number of nitrogens with one attached hydrogen (secondary N) is 1. The Bertz CT molecular complexity index is 861. The Morgan fingerprint density at radius 1 is 1.21 bits per heavy atom. The van der Waals surface area contributed by atoms with Crippen LogP contribution in [0.3, 0.4) is 0 Å². The summed E-state index contributed by atoms with van der Waals surface area (Å²) >= 11 is 7.63. The number of carbonyl (C=O) groups excluding carboxylic acids is 1. The van der Waals surface area contributed by atoms with Gasteiger partial charge < -0.3 is 5.32 Å². The van der Waals surface area contributed by atoms with Crippen LogP contribution in [0.25, 0.3) is 10.6 Å². The summed E-state index contributed by atoms with van der Waals surface area (Å²) in [6.45, 7) is 0. The zero-order chi connectivity index (χ0) is 16.5. The van der Waals surface area contributed by atoms with Crippen LogP contribution in [0.2, 0.25) is 5.02 Å². The molecule has 1 fully saturated rings. The van der Waals surface area contributed by atoms with Crippen LogP contribution in [-0.4, -0.2) is 10.9 Å². The first-order valence-corrected chi connectivity index (χ1v) is 9.03. The molecule has 5 heteroatoms. The molecule has 0 radical (unpaired) electrons. The van der Waals surface area contributed by atoms with E-state index in [1.165, 1.54) is 0 Å². The molecule has 3 aromatic rings. The van der Waals surface area contributed by atoms with E-state index in [-0.39, 0.29) is 17.7 Å². The van der Waals surface area contributed by atoms with Gasteiger partial charge in [0, 0.05) is 33.8 Å². The molecular weight excluding hydrogens is 340 g/mol. The smallest absolute Gasteiger partial charge is 0.228 e. The first kappa shape index (κ1) is 15.4. The van der Waals surface area contributed by atoms with Crippen molar-refractivity contribution in [2.45, 2.75) is 12.3 Å². The van der Waals surface area contributed by atoms with Gasteiger partial charge in [-0.15, -0.1) is 11.3 Å². The lowest BCUT2D eigenvalue weighted by Crippen LogP contribution is -2.14. The summed E-state index contributed by atoms with van der Waals surface area (Å²) in [6.07, 6.45) is 2.67. The predicted molar refractivity (Wildman–Crippen MR) is 98.5 cm³/mol. The molecule has 1 aliphatic carbocycles. The molecule has 0 aliphatic heterocycles. The minimum absolute atomic E-state index is 0.0297. The minimum Gasteiger partial charge on any atom is -0.326 e. The topological polar surface area (TPSA) is 42.0 Å². The molecule has 2 unspecified atom stereocenters. The number of halogens is 1. The van der Waals surface area contributed by atoms with Gasteiger partial charge in [0.25, 0.3) is 0 Å². The number of aromatic nitrogens is 1. The van der Waals surface area contributed by atoms with E-state index in [2.05, 4.69) is 10.3 Å². The van der Waals surface area contributed by atoms with Gasteiger partial charge in [0.2, 0.25) is 5.91 Å². The fourth-order valence-corrected chi connectivity index (χ4v) is 3.73. The van der Waals surface area contributed by atoms with E-state index in [0.717, 1.165) is 33.3 Å². The average Bonchev–Trinajstić information content (AvgIpc) is 3.22. The van der Waals surface area contributed by atoms with E-state index >= 15 is 0 Å². The second kappa shape index (κ2) is 6.38. The van der Waals surface area contributed by atoms with Crippen LogP contribution >= 0.6 is 22.9 Å². The van der Waals surface area contributed by atoms with E-state index in [1.807, 2.05) is 53.9 Å². The van der Waals surface area contributed by atoms with Crippen molar-refractivity contribution in [3.63, 3.8) is 0 Å². The molecule has 24 heavy (non-hydrogen) atoms. The highest BCUT2D eigenvalue weighted by Crippen LogP contribution is 2.48. The summed E-state index contributed by atoms with van der Waals surface area (Å²) in [7, 11) is 0. The molecule has 2 atom stereocenters. The molecule has 4 rings (SSSR count). The number of rotatable bonds is 4. The van der Waals surface area contributed by atoms with Gasteiger partial charge in [0.15, 0.2) is 0 Å². The van der Waals surface area contributed by atoms with E-state index < -0.39 is 0 Å². The fourth-order valence-electron chi connectivity index (χ4n) is 2.89. The lowest BCUT2D eigenvalue weighted by atomic mass is 10.1. The standard InChI is InChI=1S/C19H15ClN2OS/c20-14-3-1-2-13(10-14)16-11-17(16)18(23)22-15-6-4-12(5-7-15)19-21-8-9-24-19/h1-10,16-17H,11H2,(H,22,23). The first-order chi connectivity index (χ1) is 11.7. The van der Waals surface area contributed by atoms with Crippen LogP contribution in [0, 0.1) is 5.92 Å². The Morgan fingerprint density at radius 3 is 2.75 bits per heavy atom. The third kappa shape index (κ3) is 3.21. The zero-order valence-corrected chi connectivity index (χ0v) is 14.3. The summed E-state index contributed by atoms with van der Waals surface area (Å²) in [5.74, 6) is 0.377. The van der Waals surface area contributed by atoms with Crippen molar-refractivity contribution >= 4 is 34.5 Å². The highest BCUT2D eigenvalue weighted by molar-refractivity contribution is 7.13. The SMILES string of the molecule is O=C(Nc1ccc(-c2nccs2)cc1)C1CC1c1cccc(Cl)c1. The molecule has 1 amide bonds. The Hall–Kier alpha value is -2.17. The Kier molecular flexibility index (Phi) is 4.08. The molecule has 1 saturated carbocycles. The van der Waals surface area contributed by atoms with Crippen molar-refractivity contribution < 1.29 is 4.79 Å². The lowest BCUT2D eigenvalue weighted by Gasteiger charge is -2.06. The van der Waals surface area contributed by atoms with Crippen LogP contribution in [0.15, 0.2) is 60.1 Å². The van der Waals surface area contributed by atoms with Crippen molar-refractivity contribution in [3.8, 4) is 10.6 Å². The molecule has 1 heterocycles. The van der Waals surface area contributed by atoms with Gasteiger partial charge in [0.1, 0.15) is 5.01 Å². The van der Waals surface area contributed by atoms with Crippen molar-refractivity contribution in [3.05, 3.63) is 70.7 Å². The van der Waals surface area contributed by atoms with E-state index in [0.29, 0.717) is 0 Å². The van der Waals surface area contributed by atoms with Crippen molar-refractivity contribution in [1.29, 1.82) is 0 Å². The van der Waals surface area contributed by atoms with Crippen molar-refractivity contribution in [1.82, 2.24) is 4.98 Å². The molecule has 0 bridgehead atoms. The second-order valence-electron chi connectivity index (χ2n) is 5.91. The van der Waals surface area contributed by atoms with E-state index in [9.17, 15) is 4.79 Å². The summed E-state index contributed by atoms with van der Waals surface area (Å²) in [6, 6.07) is 15.6. The van der Waals surface area contributed by atoms with Crippen molar-refractivity contribution in [2.75, 3.05) is 5.32 Å². The number of thiazole rings is 1. The highest BCUT2D eigenvalue weighted by atomic mass is 35.5. The van der Waals surface area contributed by atoms with Gasteiger partial charge in [-0.25, -0.2) is 4.98 Å². The maximum Gasteiger partial charge on any atom is 0.228 e. The molecule has 0 spiro atoms. The van der Waals surface area contributed by atoms with Gasteiger partial charge in [-0.2, -0.15) is 0 Å². The quantitative estimate of drug-likeness (QED) is 0.699. The molecule has 0 saturated heterocycles. The second-order valence-corrected chi connectivity index (χ2v) is 7.24. The number of hydrogen-bond donors (Lipinski definition) is 1. The van der Waals surface area contributed by atoms with Gasteiger partial charge in [-0.3, -0.25) is 4.79 Å². The average molecular weight is 355 g/mol. The van der Waals surface area contributed by atoms with Crippen LogP contribution in [-0.2, 0) is 4.79 Å². The molecule has 2 aromatic carbocycles. The normalized spacial score (nSPS) is 19.0. The number of amides is 1. The molecule has 3 nitrogen and oxygen atoms in total.